The van der Waals surface area contributed by atoms with E-state index < -0.39 is 0 Å². The first-order valence-electron chi connectivity index (χ1n) is 7.84. The zero-order chi connectivity index (χ0) is 16.3. The van der Waals surface area contributed by atoms with Gasteiger partial charge in [-0.1, -0.05) is 49.7 Å². The molecule has 2 aromatic rings. The molecule has 1 N–H and O–H groups in total. The number of benzene rings is 2. The second-order valence-corrected chi connectivity index (χ2v) is 6.34. The molecule has 0 atom stereocenters. The first kappa shape index (κ1) is 16.3. The fourth-order valence-electron chi connectivity index (χ4n) is 2.96. The van der Waals surface area contributed by atoms with Crippen LogP contribution in [0.5, 0.6) is 0 Å². The number of nitrogens with one attached hydrogen (secondary N) is 1. The fourth-order valence-corrected chi connectivity index (χ4v) is 2.96. The molecule has 2 nitrogen and oxygen atoms in total. The van der Waals surface area contributed by atoms with Gasteiger partial charge in [-0.15, -0.1) is 0 Å². The topological polar surface area (TPSA) is 29.1 Å². The van der Waals surface area contributed by atoms with Gasteiger partial charge in [0.05, 0.1) is 6.42 Å². The molecule has 0 fully saturated rings. The number of rotatable bonds is 4. The van der Waals surface area contributed by atoms with Gasteiger partial charge in [0, 0.05) is 5.69 Å². The third-order valence-corrected chi connectivity index (χ3v) is 4.03. The Bertz CT molecular complexity index is 663. The standard InChI is InChI=1S/C20H25NO/c1-13(2)17-8-6-7-9-19(17)21-20(22)12-18-15(4)10-14(3)11-16(18)5/h6-11,13H,12H2,1-5H3,(H,21,22). The lowest BCUT2D eigenvalue weighted by atomic mass is 9.97. The number of anilines is 1. The van der Waals surface area contributed by atoms with Crippen molar-refractivity contribution in [2.75, 3.05) is 5.32 Å². The van der Waals surface area contributed by atoms with Crippen LogP contribution in [0.15, 0.2) is 36.4 Å². The second kappa shape index (κ2) is 6.78. The smallest absolute Gasteiger partial charge is 0.228 e. The molecule has 0 bridgehead atoms. The molecular weight excluding hydrogens is 270 g/mol. The monoisotopic (exact) mass is 295 g/mol. The quantitative estimate of drug-likeness (QED) is 0.852. The Morgan fingerprint density at radius 2 is 1.64 bits per heavy atom. The Morgan fingerprint density at radius 1 is 1.05 bits per heavy atom. The number of amides is 1. The van der Waals surface area contributed by atoms with Crippen LogP contribution >= 0.6 is 0 Å². The van der Waals surface area contributed by atoms with Crippen LogP contribution in [0.1, 0.15) is 47.6 Å². The summed E-state index contributed by atoms with van der Waals surface area (Å²) in [4.78, 5) is 12.4. The summed E-state index contributed by atoms with van der Waals surface area (Å²) >= 11 is 0. The third-order valence-electron chi connectivity index (χ3n) is 4.03. The van der Waals surface area contributed by atoms with Crippen LogP contribution in [0, 0.1) is 20.8 Å². The molecule has 116 valence electrons. The first-order valence-corrected chi connectivity index (χ1v) is 7.84. The molecule has 0 heterocycles. The van der Waals surface area contributed by atoms with Crippen molar-refractivity contribution in [1.82, 2.24) is 0 Å². The number of aryl methyl sites for hydroxylation is 3. The van der Waals surface area contributed by atoms with Gasteiger partial charge in [-0.2, -0.15) is 0 Å². The Kier molecular flexibility index (Phi) is 5.02. The maximum atomic E-state index is 12.4. The van der Waals surface area contributed by atoms with Crippen molar-refractivity contribution >= 4 is 11.6 Å². The van der Waals surface area contributed by atoms with E-state index in [1.165, 1.54) is 22.3 Å². The zero-order valence-corrected chi connectivity index (χ0v) is 14.2. The van der Waals surface area contributed by atoms with Gasteiger partial charge in [-0.25, -0.2) is 0 Å². The fraction of sp³-hybridized carbons (Fsp3) is 0.350. The van der Waals surface area contributed by atoms with Gasteiger partial charge < -0.3 is 5.32 Å². The molecule has 1 amide bonds. The van der Waals surface area contributed by atoms with Crippen molar-refractivity contribution in [3.8, 4) is 0 Å². The van der Waals surface area contributed by atoms with E-state index in [1.54, 1.807) is 0 Å². The SMILES string of the molecule is Cc1cc(C)c(CC(=O)Nc2ccccc2C(C)C)c(C)c1. The summed E-state index contributed by atoms with van der Waals surface area (Å²) in [5.74, 6) is 0.433. The van der Waals surface area contributed by atoms with Crippen LogP contribution in [0.25, 0.3) is 0 Å². The minimum absolute atomic E-state index is 0.0446. The average molecular weight is 295 g/mol. The first-order chi connectivity index (χ1) is 10.4. The Labute approximate surface area is 133 Å². The lowest BCUT2D eigenvalue weighted by Crippen LogP contribution is -2.17. The van der Waals surface area contributed by atoms with Crippen molar-refractivity contribution in [3.05, 3.63) is 64.2 Å². The van der Waals surface area contributed by atoms with E-state index in [1.807, 2.05) is 18.2 Å². The van der Waals surface area contributed by atoms with E-state index in [2.05, 4.69) is 58.1 Å². The van der Waals surface area contributed by atoms with Crippen LogP contribution in [-0.2, 0) is 11.2 Å². The Hall–Kier alpha value is -2.09. The molecular formula is C20H25NO. The van der Waals surface area contributed by atoms with Crippen LogP contribution in [0.4, 0.5) is 5.69 Å². The van der Waals surface area contributed by atoms with Crippen molar-refractivity contribution in [2.45, 2.75) is 47.0 Å². The molecule has 0 radical (unpaired) electrons. The summed E-state index contributed by atoms with van der Waals surface area (Å²) in [5, 5.41) is 3.07. The van der Waals surface area contributed by atoms with Crippen molar-refractivity contribution in [3.63, 3.8) is 0 Å². The van der Waals surface area contributed by atoms with Gasteiger partial charge in [0.25, 0.3) is 0 Å². The molecule has 0 aliphatic carbocycles. The van der Waals surface area contributed by atoms with Gasteiger partial charge in [-0.05, 0) is 55.0 Å². The minimum Gasteiger partial charge on any atom is -0.326 e. The molecule has 0 saturated heterocycles. The van der Waals surface area contributed by atoms with Gasteiger partial charge in [-0.3, -0.25) is 4.79 Å². The summed E-state index contributed by atoms with van der Waals surface area (Å²) < 4.78 is 0. The summed E-state index contributed by atoms with van der Waals surface area (Å²) in [5.41, 5.74) is 6.84. The van der Waals surface area contributed by atoms with Crippen molar-refractivity contribution < 1.29 is 4.79 Å². The lowest BCUT2D eigenvalue weighted by molar-refractivity contribution is -0.115. The second-order valence-electron chi connectivity index (χ2n) is 6.34. The molecule has 0 saturated carbocycles. The predicted octanol–water partition coefficient (Wildman–Crippen LogP) is 4.92. The largest absolute Gasteiger partial charge is 0.326 e. The van der Waals surface area contributed by atoms with Crippen molar-refractivity contribution in [1.29, 1.82) is 0 Å². The van der Waals surface area contributed by atoms with Crippen LogP contribution in [0.2, 0.25) is 0 Å². The number of carbonyl (C=O) groups excluding carboxylic acids is 1. The van der Waals surface area contributed by atoms with E-state index in [0.717, 1.165) is 11.3 Å². The van der Waals surface area contributed by atoms with Crippen LogP contribution in [-0.4, -0.2) is 5.91 Å². The molecule has 0 aliphatic heterocycles. The molecule has 0 spiro atoms. The van der Waals surface area contributed by atoms with Gasteiger partial charge in [0.2, 0.25) is 5.91 Å². The third kappa shape index (κ3) is 3.76. The maximum Gasteiger partial charge on any atom is 0.228 e. The average Bonchev–Trinajstić information content (AvgIpc) is 2.43. The highest BCUT2D eigenvalue weighted by Crippen LogP contribution is 2.24. The van der Waals surface area contributed by atoms with E-state index in [0.29, 0.717) is 12.3 Å². The summed E-state index contributed by atoms with van der Waals surface area (Å²) in [6.07, 6.45) is 0.421. The van der Waals surface area contributed by atoms with Gasteiger partial charge in [0.1, 0.15) is 0 Å². The number of hydrogen-bond acceptors (Lipinski definition) is 1. The molecule has 22 heavy (non-hydrogen) atoms. The minimum atomic E-state index is 0.0446. The molecule has 2 rings (SSSR count). The predicted molar refractivity (Wildman–Crippen MR) is 93.5 cm³/mol. The van der Waals surface area contributed by atoms with E-state index in [4.69, 9.17) is 0 Å². The highest BCUT2D eigenvalue weighted by molar-refractivity contribution is 5.93. The van der Waals surface area contributed by atoms with Gasteiger partial charge in [0.15, 0.2) is 0 Å². The number of carbonyl (C=O) groups is 1. The zero-order valence-electron chi connectivity index (χ0n) is 14.2. The molecule has 0 aliphatic rings. The lowest BCUT2D eigenvalue weighted by Gasteiger charge is -2.15. The summed E-state index contributed by atoms with van der Waals surface area (Å²) in [6, 6.07) is 12.3. The summed E-state index contributed by atoms with van der Waals surface area (Å²) in [6.45, 7) is 10.5. The van der Waals surface area contributed by atoms with Crippen molar-refractivity contribution in [2.24, 2.45) is 0 Å². The highest BCUT2D eigenvalue weighted by atomic mass is 16.1. The molecule has 2 aromatic carbocycles. The van der Waals surface area contributed by atoms with Crippen LogP contribution < -0.4 is 5.32 Å². The van der Waals surface area contributed by atoms with Crippen LogP contribution in [0.3, 0.4) is 0 Å². The number of hydrogen-bond donors (Lipinski definition) is 1. The van der Waals surface area contributed by atoms with E-state index in [-0.39, 0.29) is 5.91 Å². The highest BCUT2D eigenvalue weighted by Gasteiger charge is 2.12. The normalized spacial score (nSPS) is 10.8. The molecule has 0 aromatic heterocycles. The maximum absolute atomic E-state index is 12.4. The number of para-hydroxylation sites is 1. The van der Waals surface area contributed by atoms with Gasteiger partial charge >= 0.3 is 0 Å². The van der Waals surface area contributed by atoms with E-state index >= 15 is 0 Å². The Balaban J connectivity index is 2.18. The summed E-state index contributed by atoms with van der Waals surface area (Å²) in [7, 11) is 0. The Morgan fingerprint density at radius 3 is 2.23 bits per heavy atom. The van der Waals surface area contributed by atoms with E-state index in [9.17, 15) is 4.79 Å². The molecule has 0 unspecified atom stereocenters. The molecule has 2 heteroatoms.